The van der Waals surface area contributed by atoms with Gasteiger partial charge in [0.15, 0.2) is 0 Å². The highest BCUT2D eigenvalue weighted by Crippen LogP contribution is 2.27. The van der Waals surface area contributed by atoms with Crippen molar-refractivity contribution >= 4 is 39.9 Å². The van der Waals surface area contributed by atoms with E-state index in [2.05, 4.69) is 37.1 Å². The number of carbonyl (C=O) groups is 1. The largest absolute Gasteiger partial charge is 0.354 e. The molecule has 166 valence electrons. The molecule has 0 atom stereocenters. The summed E-state index contributed by atoms with van der Waals surface area (Å²) in [6, 6.07) is 13.4. The SMILES string of the molecule is CN1CCN(c2cc(C(=O)Nc3cc4cc(-c5cncc(Cl)c5)ccc4cn3)ccn2)CC1. The summed E-state index contributed by atoms with van der Waals surface area (Å²) in [4.78, 5) is 30.5. The molecule has 4 heterocycles. The molecule has 1 aromatic carbocycles. The van der Waals surface area contributed by atoms with Crippen molar-refractivity contribution < 1.29 is 4.79 Å². The minimum Gasteiger partial charge on any atom is -0.354 e. The molecule has 0 unspecified atom stereocenters. The van der Waals surface area contributed by atoms with E-state index in [0.717, 1.165) is 53.9 Å². The number of anilines is 2. The van der Waals surface area contributed by atoms with Crippen molar-refractivity contribution in [2.24, 2.45) is 0 Å². The van der Waals surface area contributed by atoms with E-state index in [1.165, 1.54) is 0 Å². The van der Waals surface area contributed by atoms with E-state index in [4.69, 9.17) is 11.6 Å². The summed E-state index contributed by atoms with van der Waals surface area (Å²) < 4.78 is 0. The summed E-state index contributed by atoms with van der Waals surface area (Å²) in [5, 5.41) is 5.45. The summed E-state index contributed by atoms with van der Waals surface area (Å²) in [5.74, 6) is 1.10. The zero-order valence-electron chi connectivity index (χ0n) is 18.2. The second-order valence-electron chi connectivity index (χ2n) is 8.17. The standard InChI is InChI=1S/C25H23ClN6O/c1-31-6-8-32(9-7-31)24-13-18(4-5-28-24)25(33)30-23-12-20-10-17(2-3-19(20)15-29-23)21-11-22(26)16-27-14-21/h2-5,10-16H,6-9H2,1H3,(H,29,30,33). The number of rotatable bonds is 4. The van der Waals surface area contributed by atoms with Crippen LogP contribution in [0.5, 0.6) is 0 Å². The normalized spacial score (nSPS) is 14.4. The Morgan fingerprint density at radius 1 is 0.909 bits per heavy atom. The van der Waals surface area contributed by atoms with Gasteiger partial charge in [0.25, 0.3) is 5.91 Å². The van der Waals surface area contributed by atoms with E-state index in [-0.39, 0.29) is 5.91 Å². The van der Waals surface area contributed by atoms with Crippen LogP contribution in [0.15, 0.2) is 67.3 Å². The Balaban J connectivity index is 1.36. The fourth-order valence-corrected chi connectivity index (χ4v) is 4.09. The number of halogens is 1. The van der Waals surface area contributed by atoms with Gasteiger partial charge in [0.1, 0.15) is 11.6 Å². The fourth-order valence-electron chi connectivity index (χ4n) is 3.92. The van der Waals surface area contributed by atoms with Crippen molar-refractivity contribution in [3.8, 4) is 11.1 Å². The van der Waals surface area contributed by atoms with Crippen LogP contribution in [0.4, 0.5) is 11.6 Å². The molecule has 33 heavy (non-hydrogen) atoms. The van der Waals surface area contributed by atoms with Gasteiger partial charge in [-0.05, 0) is 48.3 Å². The Morgan fingerprint density at radius 2 is 1.76 bits per heavy atom. The zero-order valence-corrected chi connectivity index (χ0v) is 19.0. The summed E-state index contributed by atoms with van der Waals surface area (Å²) in [6.45, 7) is 3.75. The van der Waals surface area contributed by atoms with Gasteiger partial charge in [0.2, 0.25) is 0 Å². The van der Waals surface area contributed by atoms with Gasteiger partial charge in [-0.3, -0.25) is 9.78 Å². The molecule has 1 N–H and O–H groups in total. The summed E-state index contributed by atoms with van der Waals surface area (Å²) in [7, 11) is 2.11. The maximum atomic E-state index is 12.9. The minimum absolute atomic E-state index is 0.213. The van der Waals surface area contributed by atoms with Gasteiger partial charge in [-0.1, -0.05) is 23.7 Å². The highest BCUT2D eigenvalue weighted by molar-refractivity contribution is 6.30. The third kappa shape index (κ3) is 4.79. The highest BCUT2D eigenvalue weighted by atomic mass is 35.5. The zero-order chi connectivity index (χ0) is 22.8. The summed E-state index contributed by atoms with van der Waals surface area (Å²) in [6.07, 6.45) is 6.82. The predicted molar refractivity (Wildman–Crippen MR) is 132 cm³/mol. The lowest BCUT2D eigenvalue weighted by Gasteiger charge is -2.33. The lowest BCUT2D eigenvalue weighted by molar-refractivity contribution is 0.102. The summed E-state index contributed by atoms with van der Waals surface area (Å²) >= 11 is 6.09. The molecule has 1 fully saturated rings. The van der Waals surface area contributed by atoms with Crippen molar-refractivity contribution in [2.75, 3.05) is 43.4 Å². The maximum Gasteiger partial charge on any atom is 0.257 e. The van der Waals surface area contributed by atoms with Crippen LogP contribution in [0.1, 0.15) is 10.4 Å². The number of pyridine rings is 3. The highest BCUT2D eigenvalue weighted by Gasteiger charge is 2.17. The Hall–Kier alpha value is -3.55. The Kier molecular flexibility index (Phi) is 5.90. The Bertz CT molecular complexity index is 1320. The van der Waals surface area contributed by atoms with Crippen LogP contribution in [0, 0.1) is 0 Å². The number of piperazine rings is 1. The summed E-state index contributed by atoms with van der Waals surface area (Å²) in [5.41, 5.74) is 2.48. The third-order valence-corrected chi connectivity index (χ3v) is 6.04. The topological polar surface area (TPSA) is 74.2 Å². The van der Waals surface area contributed by atoms with Crippen LogP contribution >= 0.6 is 11.6 Å². The molecule has 1 aliphatic rings. The number of aromatic nitrogens is 3. The molecule has 0 radical (unpaired) electrons. The van der Waals surface area contributed by atoms with Crippen LogP contribution in [-0.4, -0.2) is 59.0 Å². The molecule has 0 saturated carbocycles. The molecule has 0 aliphatic carbocycles. The van der Waals surface area contributed by atoms with Crippen molar-refractivity contribution in [1.82, 2.24) is 19.9 Å². The number of fused-ring (bicyclic) bond motifs is 1. The number of amides is 1. The Labute approximate surface area is 197 Å². The molecule has 1 amide bonds. The van der Waals surface area contributed by atoms with E-state index in [1.54, 1.807) is 30.9 Å². The smallest absolute Gasteiger partial charge is 0.257 e. The second kappa shape index (κ2) is 9.13. The lowest BCUT2D eigenvalue weighted by atomic mass is 10.0. The van der Waals surface area contributed by atoms with E-state index in [1.807, 2.05) is 36.4 Å². The number of benzene rings is 1. The molecule has 0 bridgehead atoms. The molecule has 3 aromatic heterocycles. The van der Waals surface area contributed by atoms with Crippen molar-refractivity contribution in [2.45, 2.75) is 0 Å². The van der Waals surface area contributed by atoms with Crippen molar-refractivity contribution in [1.29, 1.82) is 0 Å². The minimum atomic E-state index is -0.213. The van der Waals surface area contributed by atoms with E-state index < -0.39 is 0 Å². The maximum absolute atomic E-state index is 12.9. The molecule has 8 heteroatoms. The van der Waals surface area contributed by atoms with Crippen LogP contribution in [0.25, 0.3) is 21.9 Å². The van der Waals surface area contributed by atoms with E-state index in [9.17, 15) is 4.79 Å². The first-order valence-electron chi connectivity index (χ1n) is 10.8. The first-order valence-corrected chi connectivity index (χ1v) is 11.1. The lowest BCUT2D eigenvalue weighted by Crippen LogP contribution is -2.44. The third-order valence-electron chi connectivity index (χ3n) is 5.84. The molecular formula is C25H23ClN6O. The monoisotopic (exact) mass is 458 g/mol. The average Bonchev–Trinajstić information content (AvgIpc) is 2.84. The second-order valence-corrected chi connectivity index (χ2v) is 8.61. The number of carbonyl (C=O) groups excluding carboxylic acids is 1. The van der Waals surface area contributed by atoms with Gasteiger partial charge in [-0.2, -0.15) is 0 Å². The predicted octanol–water partition coefficient (Wildman–Crippen LogP) is 4.35. The quantitative estimate of drug-likeness (QED) is 0.490. The number of likely N-dealkylation sites (N-methyl/N-ethyl adjacent to an activating group) is 1. The number of nitrogens with one attached hydrogen (secondary N) is 1. The van der Waals surface area contributed by atoms with Gasteiger partial charge in [-0.25, -0.2) is 9.97 Å². The van der Waals surface area contributed by atoms with E-state index in [0.29, 0.717) is 16.4 Å². The molecule has 7 nitrogen and oxygen atoms in total. The molecule has 4 aromatic rings. The first-order chi connectivity index (χ1) is 16.0. The Morgan fingerprint density at radius 3 is 2.58 bits per heavy atom. The molecule has 1 saturated heterocycles. The molecular weight excluding hydrogens is 436 g/mol. The number of hydrogen-bond donors (Lipinski definition) is 1. The molecule has 5 rings (SSSR count). The average molecular weight is 459 g/mol. The van der Waals surface area contributed by atoms with Gasteiger partial charge in [-0.15, -0.1) is 0 Å². The number of hydrogen-bond acceptors (Lipinski definition) is 6. The van der Waals surface area contributed by atoms with Crippen LogP contribution in [0.2, 0.25) is 5.02 Å². The van der Waals surface area contributed by atoms with Crippen molar-refractivity contribution in [3.63, 3.8) is 0 Å². The molecule has 1 aliphatic heterocycles. The number of nitrogens with zero attached hydrogens (tertiary/aromatic N) is 5. The van der Waals surface area contributed by atoms with Gasteiger partial charge in [0, 0.05) is 67.5 Å². The van der Waals surface area contributed by atoms with Crippen LogP contribution in [-0.2, 0) is 0 Å². The first kappa shape index (κ1) is 21.3. The van der Waals surface area contributed by atoms with E-state index >= 15 is 0 Å². The molecule has 0 spiro atoms. The fraction of sp³-hybridized carbons (Fsp3) is 0.200. The van der Waals surface area contributed by atoms with Crippen LogP contribution in [0.3, 0.4) is 0 Å². The van der Waals surface area contributed by atoms with Gasteiger partial charge < -0.3 is 15.1 Å². The van der Waals surface area contributed by atoms with Crippen LogP contribution < -0.4 is 10.2 Å². The van der Waals surface area contributed by atoms with Gasteiger partial charge >= 0.3 is 0 Å². The van der Waals surface area contributed by atoms with Gasteiger partial charge in [0.05, 0.1) is 5.02 Å². The van der Waals surface area contributed by atoms with Crippen molar-refractivity contribution in [3.05, 3.63) is 77.8 Å².